The van der Waals surface area contributed by atoms with Gasteiger partial charge in [0.25, 0.3) is 0 Å². The number of anilines is 1. The number of hydrogen-bond donors (Lipinski definition) is 1. The van der Waals surface area contributed by atoms with Gasteiger partial charge in [-0.2, -0.15) is 5.26 Å². The Kier molecular flexibility index (Phi) is 4.23. The molecule has 1 N–H and O–H groups in total. The largest absolute Gasteiger partial charge is 0.367 e. The zero-order valence-electron chi connectivity index (χ0n) is 13.1. The van der Waals surface area contributed by atoms with Gasteiger partial charge < -0.3 is 5.32 Å². The maximum atomic E-state index is 11.4. The summed E-state index contributed by atoms with van der Waals surface area (Å²) in [5.41, 5.74) is 2.20. The quantitative estimate of drug-likeness (QED) is 0.770. The third-order valence-corrected chi connectivity index (χ3v) is 4.82. The van der Waals surface area contributed by atoms with Crippen LogP contribution in [0.25, 0.3) is 5.65 Å². The number of nitrogens with one attached hydrogen (secondary N) is 1. The monoisotopic (exact) mass is 340 g/mol. The van der Waals surface area contributed by atoms with E-state index in [1.54, 1.807) is 34.9 Å². The van der Waals surface area contributed by atoms with E-state index >= 15 is 0 Å². The van der Waals surface area contributed by atoms with Gasteiger partial charge in [0.05, 0.1) is 4.90 Å². The van der Waals surface area contributed by atoms with Crippen LogP contribution in [-0.4, -0.2) is 30.6 Å². The maximum absolute atomic E-state index is 11.4. The van der Waals surface area contributed by atoms with Crippen LogP contribution in [0.2, 0.25) is 0 Å². The standard InChI is InChI=1S/C17H16N4O2S/c1-24(22,23)14-7-5-13(6-8-14)9-10-19-17-15(12-18)21-11-3-2-4-16(21)20-17/h2-8,11,19H,9-10H2,1H3. The molecule has 0 spiro atoms. The molecule has 0 amide bonds. The number of nitrogens with zero attached hydrogens (tertiary/aromatic N) is 3. The lowest BCUT2D eigenvalue weighted by Gasteiger charge is -2.05. The summed E-state index contributed by atoms with van der Waals surface area (Å²) < 4.78 is 24.6. The minimum atomic E-state index is -3.17. The zero-order valence-corrected chi connectivity index (χ0v) is 13.9. The van der Waals surface area contributed by atoms with Gasteiger partial charge in [0.15, 0.2) is 21.3 Å². The van der Waals surface area contributed by atoms with E-state index in [1.165, 1.54) is 6.26 Å². The van der Waals surface area contributed by atoms with Crippen molar-refractivity contribution in [3.63, 3.8) is 0 Å². The van der Waals surface area contributed by atoms with Crippen LogP contribution < -0.4 is 5.32 Å². The third-order valence-electron chi connectivity index (χ3n) is 3.69. The average Bonchev–Trinajstić information content (AvgIpc) is 2.92. The summed E-state index contributed by atoms with van der Waals surface area (Å²) >= 11 is 0. The molecule has 0 aliphatic rings. The van der Waals surface area contributed by atoms with Crippen LogP contribution in [0, 0.1) is 11.3 Å². The van der Waals surface area contributed by atoms with Gasteiger partial charge in [0, 0.05) is 19.0 Å². The fourth-order valence-electron chi connectivity index (χ4n) is 2.45. The molecule has 0 atom stereocenters. The van der Waals surface area contributed by atoms with Crippen molar-refractivity contribution in [3.05, 3.63) is 59.9 Å². The number of imidazole rings is 1. The lowest BCUT2D eigenvalue weighted by atomic mass is 10.1. The summed E-state index contributed by atoms with van der Waals surface area (Å²) in [4.78, 5) is 4.72. The van der Waals surface area contributed by atoms with Crippen LogP contribution in [0.1, 0.15) is 11.3 Å². The number of benzene rings is 1. The topological polar surface area (TPSA) is 87.3 Å². The van der Waals surface area contributed by atoms with Crippen LogP contribution in [0.5, 0.6) is 0 Å². The molecule has 0 saturated carbocycles. The Hall–Kier alpha value is -2.85. The van der Waals surface area contributed by atoms with Crippen molar-refractivity contribution in [1.29, 1.82) is 5.26 Å². The second kappa shape index (κ2) is 6.34. The molecule has 2 heterocycles. The van der Waals surface area contributed by atoms with Crippen molar-refractivity contribution >= 4 is 21.3 Å². The number of hydrogen-bond acceptors (Lipinski definition) is 5. The highest BCUT2D eigenvalue weighted by Gasteiger charge is 2.11. The van der Waals surface area contributed by atoms with E-state index in [1.807, 2.05) is 18.2 Å². The number of aromatic nitrogens is 2. The smallest absolute Gasteiger partial charge is 0.175 e. The first kappa shape index (κ1) is 16.0. The number of sulfone groups is 1. The van der Waals surface area contributed by atoms with Crippen molar-refractivity contribution in [1.82, 2.24) is 9.38 Å². The van der Waals surface area contributed by atoms with Crippen LogP contribution >= 0.6 is 0 Å². The van der Waals surface area contributed by atoms with Crippen molar-refractivity contribution in [2.24, 2.45) is 0 Å². The molecule has 1 aromatic carbocycles. The molecule has 0 bridgehead atoms. The fourth-order valence-corrected chi connectivity index (χ4v) is 3.08. The summed E-state index contributed by atoms with van der Waals surface area (Å²) in [7, 11) is -3.17. The van der Waals surface area contributed by atoms with Crippen molar-refractivity contribution in [2.45, 2.75) is 11.3 Å². The lowest BCUT2D eigenvalue weighted by molar-refractivity contribution is 0.602. The van der Waals surface area contributed by atoms with Crippen LogP contribution in [0.3, 0.4) is 0 Å². The second-order valence-electron chi connectivity index (χ2n) is 5.44. The molecule has 0 unspecified atom stereocenters. The first-order valence-electron chi connectivity index (χ1n) is 7.39. The second-order valence-corrected chi connectivity index (χ2v) is 7.46. The Labute approximate surface area is 140 Å². The molecule has 122 valence electrons. The molecule has 24 heavy (non-hydrogen) atoms. The van der Waals surface area contributed by atoms with E-state index in [0.717, 1.165) is 5.56 Å². The van der Waals surface area contributed by atoms with E-state index in [4.69, 9.17) is 0 Å². The first-order chi connectivity index (χ1) is 11.5. The summed E-state index contributed by atoms with van der Waals surface area (Å²) in [5.74, 6) is 0.552. The van der Waals surface area contributed by atoms with Crippen LogP contribution in [0.15, 0.2) is 53.6 Å². The molecule has 0 radical (unpaired) electrons. The summed E-state index contributed by atoms with van der Waals surface area (Å²) in [5, 5.41) is 12.5. The normalized spacial score (nSPS) is 11.3. The van der Waals surface area contributed by atoms with Crippen LogP contribution in [-0.2, 0) is 16.3 Å². The Morgan fingerprint density at radius 2 is 1.96 bits per heavy atom. The number of pyridine rings is 1. The highest BCUT2D eigenvalue weighted by atomic mass is 32.2. The first-order valence-corrected chi connectivity index (χ1v) is 9.28. The Bertz CT molecular complexity index is 1010. The van der Waals surface area contributed by atoms with Gasteiger partial charge in [-0.1, -0.05) is 18.2 Å². The van der Waals surface area contributed by atoms with Crippen molar-refractivity contribution in [2.75, 3.05) is 18.1 Å². The molecule has 2 aromatic heterocycles. The summed E-state index contributed by atoms with van der Waals surface area (Å²) in [6.07, 6.45) is 3.69. The minimum Gasteiger partial charge on any atom is -0.367 e. The molecular formula is C17H16N4O2S. The molecule has 3 aromatic rings. The number of rotatable bonds is 5. The molecular weight excluding hydrogens is 324 g/mol. The molecule has 0 aliphatic heterocycles. The molecule has 0 fully saturated rings. The van der Waals surface area contributed by atoms with Crippen molar-refractivity contribution < 1.29 is 8.42 Å². The van der Waals surface area contributed by atoms with Gasteiger partial charge >= 0.3 is 0 Å². The molecule has 0 saturated heterocycles. The van der Waals surface area contributed by atoms with E-state index < -0.39 is 9.84 Å². The minimum absolute atomic E-state index is 0.311. The third kappa shape index (κ3) is 3.24. The summed E-state index contributed by atoms with van der Waals surface area (Å²) in [6, 6.07) is 14.5. The highest BCUT2D eigenvalue weighted by Crippen LogP contribution is 2.17. The van der Waals surface area contributed by atoms with E-state index in [9.17, 15) is 13.7 Å². The number of nitriles is 1. The molecule has 0 aliphatic carbocycles. The van der Waals surface area contributed by atoms with Gasteiger partial charge in [-0.15, -0.1) is 0 Å². The van der Waals surface area contributed by atoms with Gasteiger partial charge in [-0.25, -0.2) is 13.4 Å². The molecule has 6 nitrogen and oxygen atoms in total. The predicted octanol–water partition coefficient (Wildman–Crippen LogP) is 2.26. The predicted molar refractivity (Wildman–Crippen MR) is 91.7 cm³/mol. The molecule has 3 rings (SSSR count). The lowest BCUT2D eigenvalue weighted by Crippen LogP contribution is -2.07. The van der Waals surface area contributed by atoms with E-state index in [0.29, 0.717) is 35.0 Å². The van der Waals surface area contributed by atoms with E-state index in [-0.39, 0.29) is 0 Å². The average molecular weight is 340 g/mol. The van der Waals surface area contributed by atoms with E-state index in [2.05, 4.69) is 16.4 Å². The maximum Gasteiger partial charge on any atom is 0.175 e. The van der Waals surface area contributed by atoms with Gasteiger partial charge in [0.1, 0.15) is 11.7 Å². The van der Waals surface area contributed by atoms with Gasteiger partial charge in [-0.3, -0.25) is 4.40 Å². The van der Waals surface area contributed by atoms with Crippen molar-refractivity contribution in [3.8, 4) is 6.07 Å². The van der Waals surface area contributed by atoms with Gasteiger partial charge in [0.2, 0.25) is 0 Å². The molecule has 7 heteroatoms. The zero-order chi connectivity index (χ0) is 17.2. The van der Waals surface area contributed by atoms with Gasteiger partial charge in [-0.05, 0) is 36.2 Å². The number of fused-ring (bicyclic) bond motifs is 1. The summed E-state index contributed by atoms with van der Waals surface area (Å²) in [6.45, 7) is 0.594. The SMILES string of the molecule is CS(=O)(=O)c1ccc(CCNc2nc3ccccn3c2C#N)cc1. The Morgan fingerprint density at radius 1 is 1.21 bits per heavy atom. The van der Waals surface area contributed by atoms with Crippen LogP contribution in [0.4, 0.5) is 5.82 Å². The highest BCUT2D eigenvalue weighted by molar-refractivity contribution is 7.90. The Balaban J connectivity index is 1.70. The fraction of sp³-hybridized carbons (Fsp3) is 0.176. The Morgan fingerprint density at radius 3 is 2.62 bits per heavy atom.